The predicted octanol–water partition coefficient (Wildman–Crippen LogP) is 5.13. The molecule has 0 saturated carbocycles. The molecule has 6 heteroatoms. The van der Waals surface area contributed by atoms with Gasteiger partial charge in [0, 0.05) is 16.4 Å². The lowest BCUT2D eigenvalue weighted by Gasteiger charge is -2.30. The Morgan fingerprint density at radius 2 is 1.89 bits per heavy atom. The van der Waals surface area contributed by atoms with Gasteiger partial charge < -0.3 is 10.1 Å². The number of thiophene rings is 1. The van der Waals surface area contributed by atoms with E-state index in [0.717, 1.165) is 29.2 Å². The smallest absolute Gasteiger partial charge is 0.258 e. The number of hydrogen-bond donors (Lipinski definition) is 1. The number of rotatable bonds is 7. The number of halogens is 1. The molecule has 1 aromatic carbocycles. The maximum Gasteiger partial charge on any atom is 0.258 e. The van der Waals surface area contributed by atoms with Crippen molar-refractivity contribution in [2.75, 3.05) is 26.2 Å². The first-order chi connectivity index (χ1) is 13.5. The largest absolute Gasteiger partial charge is 0.484 e. The van der Waals surface area contributed by atoms with E-state index in [1.54, 1.807) is 11.3 Å². The van der Waals surface area contributed by atoms with Gasteiger partial charge in [-0.15, -0.1) is 11.3 Å². The molecule has 3 rings (SSSR count). The molecule has 1 saturated heterocycles. The standard InChI is InChI=1S/C22H29ClN2O2S/c1-16-12-18(13-17(2)22(16)23)27-15-21(26)24-14-19(20-8-7-11-28-20)25-9-5-3-4-6-10-25/h7-8,11-13,19H,3-6,9-10,14-15H2,1-2H3,(H,24,26)/t19-/m0/s1. The summed E-state index contributed by atoms with van der Waals surface area (Å²) in [4.78, 5) is 16.2. The summed E-state index contributed by atoms with van der Waals surface area (Å²) < 4.78 is 5.69. The molecule has 28 heavy (non-hydrogen) atoms. The van der Waals surface area contributed by atoms with E-state index in [1.807, 2.05) is 26.0 Å². The number of amides is 1. The van der Waals surface area contributed by atoms with Crippen LogP contribution in [0.5, 0.6) is 5.75 Å². The number of hydrogen-bond acceptors (Lipinski definition) is 4. The highest BCUT2D eigenvalue weighted by atomic mass is 35.5. The molecular formula is C22H29ClN2O2S. The van der Waals surface area contributed by atoms with Gasteiger partial charge >= 0.3 is 0 Å². The van der Waals surface area contributed by atoms with Crippen LogP contribution in [0.3, 0.4) is 0 Å². The number of likely N-dealkylation sites (tertiary alicyclic amines) is 1. The van der Waals surface area contributed by atoms with Crippen LogP contribution in [0.4, 0.5) is 0 Å². The molecule has 1 aliphatic rings. The molecule has 1 atom stereocenters. The summed E-state index contributed by atoms with van der Waals surface area (Å²) in [5, 5.41) is 5.93. The first-order valence-corrected chi connectivity index (χ1v) is 11.2. The third kappa shape index (κ3) is 5.72. The van der Waals surface area contributed by atoms with Gasteiger partial charge in [0.25, 0.3) is 5.91 Å². The Morgan fingerprint density at radius 1 is 1.21 bits per heavy atom. The van der Waals surface area contributed by atoms with E-state index < -0.39 is 0 Å². The fourth-order valence-corrected chi connectivity index (χ4v) is 4.67. The topological polar surface area (TPSA) is 41.6 Å². The van der Waals surface area contributed by atoms with E-state index >= 15 is 0 Å². The summed E-state index contributed by atoms with van der Waals surface area (Å²) in [5.41, 5.74) is 1.91. The van der Waals surface area contributed by atoms with Crippen LogP contribution in [-0.2, 0) is 4.79 Å². The molecule has 1 fully saturated rings. The second kappa shape index (κ2) is 10.3. The quantitative estimate of drug-likeness (QED) is 0.675. The van der Waals surface area contributed by atoms with Gasteiger partial charge in [-0.1, -0.05) is 30.5 Å². The molecule has 1 N–H and O–H groups in total. The maximum absolute atomic E-state index is 12.4. The highest BCUT2D eigenvalue weighted by Gasteiger charge is 2.23. The van der Waals surface area contributed by atoms with Gasteiger partial charge in [-0.25, -0.2) is 0 Å². The molecule has 0 bridgehead atoms. The van der Waals surface area contributed by atoms with E-state index in [-0.39, 0.29) is 18.6 Å². The Labute approximate surface area is 176 Å². The molecule has 0 aliphatic carbocycles. The van der Waals surface area contributed by atoms with Gasteiger partial charge in [0.2, 0.25) is 0 Å². The van der Waals surface area contributed by atoms with Crippen molar-refractivity contribution < 1.29 is 9.53 Å². The first-order valence-electron chi connectivity index (χ1n) is 9.98. The van der Waals surface area contributed by atoms with Crippen molar-refractivity contribution in [3.8, 4) is 5.75 Å². The molecule has 4 nitrogen and oxygen atoms in total. The van der Waals surface area contributed by atoms with Crippen LogP contribution in [0.2, 0.25) is 5.02 Å². The van der Waals surface area contributed by atoms with Gasteiger partial charge in [0.15, 0.2) is 6.61 Å². The number of carbonyl (C=O) groups excluding carboxylic acids is 1. The van der Waals surface area contributed by atoms with Crippen LogP contribution in [0.1, 0.15) is 47.7 Å². The van der Waals surface area contributed by atoms with Gasteiger partial charge in [-0.2, -0.15) is 0 Å². The predicted molar refractivity (Wildman–Crippen MR) is 117 cm³/mol. The molecule has 1 amide bonds. The second-order valence-corrected chi connectivity index (χ2v) is 8.80. The molecule has 1 aliphatic heterocycles. The molecule has 152 valence electrons. The van der Waals surface area contributed by atoms with Crippen LogP contribution in [0, 0.1) is 13.8 Å². The molecule has 1 aromatic heterocycles. The van der Waals surface area contributed by atoms with E-state index in [4.69, 9.17) is 16.3 Å². The number of aryl methyl sites for hydroxylation is 2. The Kier molecular flexibility index (Phi) is 7.77. The Balaban J connectivity index is 1.56. The zero-order chi connectivity index (χ0) is 19.9. The van der Waals surface area contributed by atoms with Crippen LogP contribution in [0.15, 0.2) is 29.6 Å². The fourth-order valence-electron chi connectivity index (χ4n) is 3.70. The SMILES string of the molecule is Cc1cc(OCC(=O)NC[C@@H](c2cccs2)N2CCCCCC2)cc(C)c1Cl. The molecule has 0 unspecified atom stereocenters. The Morgan fingerprint density at radius 3 is 2.50 bits per heavy atom. The summed E-state index contributed by atoms with van der Waals surface area (Å²) >= 11 is 7.95. The molecule has 2 heterocycles. The average Bonchev–Trinajstić information content (AvgIpc) is 3.07. The van der Waals surface area contributed by atoms with Crippen molar-refractivity contribution in [3.05, 3.63) is 50.7 Å². The summed E-state index contributed by atoms with van der Waals surface area (Å²) in [5.74, 6) is 0.582. The van der Waals surface area contributed by atoms with Gasteiger partial charge in [-0.05, 0) is 74.5 Å². The Hall–Kier alpha value is -1.56. The van der Waals surface area contributed by atoms with Crippen LogP contribution >= 0.6 is 22.9 Å². The minimum Gasteiger partial charge on any atom is -0.484 e. The number of carbonyl (C=O) groups is 1. The number of nitrogens with one attached hydrogen (secondary N) is 1. The van der Waals surface area contributed by atoms with Crippen molar-refractivity contribution >= 4 is 28.8 Å². The number of nitrogens with zero attached hydrogens (tertiary/aromatic N) is 1. The first kappa shape index (κ1) is 21.2. The zero-order valence-corrected chi connectivity index (χ0v) is 18.2. The van der Waals surface area contributed by atoms with Crippen molar-refractivity contribution in [2.45, 2.75) is 45.6 Å². The average molecular weight is 421 g/mol. The molecule has 2 aromatic rings. The zero-order valence-electron chi connectivity index (χ0n) is 16.7. The van der Waals surface area contributed by atoms with Crippen LogP contribution < -0.4 is 10.1 Å². The molecule has 0 spiro atoms. The van der Waals surface area contributed by atoms with Crippen LogP contribution in [-0.4, -0.2) is 37.0 Å². The van der Waals surface area contributed by atoms with Crippen molar-refractivity contribution in [1.29, 1.82) is 0 Å². The normalized spacial score (nSPS) is 16.4. The lowest BCUT2D eigenvalue weighted by atomic mass is 10.1. The van der Waals surface area contributed by atoms with Gasteiger partial charge in [0.05, 0.1) is 6.04 Å². The van der Waals surface area contributed by atoms with Crippen molar-refractivity contribution in [3.63, 3.8) is 0 Å². The lowest BCUT2D eigenvalue weighted by molar-refractivity contribution is -0.123. The minimum absolute atomic E-state index is 0.0116. The highest BCUT2D eigenvalue weighted by molar-refractivity contribution is 7.10. The second-order valence-electron chi connectivity index (χ2n) is 7.45. The van der Waals surface area contributed by atoms with Crippen molar-refractivity contribution in [2.24, 2.45) is 0 Å². The molecule has 0 radical (unpaired) electrons. The summed E-state index contributed by atoms with van der Waals surface area (Å²) in [7, 11) is 0. The maximum atomic E-state index is 12.4. The van der Waals surface area contributed by atoms with E-state index in [0.29, 0.717) is 12.3 Å². The van der Waals surface area contributed by atoms with Gasteiger partial charge in [0.1, 0.15) is 5.75 Å². The van der Waals surface area contributed by atoms with Crippen LogP contribution in [0.25, 0.3) is 0 Å². The fraction of sp³-hybridized carbons (Fsp3) is 0.500. The number of benzene rings is 1. The summed E-state index contributed by atoms with van der Waals surface area (Å²) in [6.07, 6.45) is 5.06. The summed E-state index contributed by atoms with van der Waals surface area (Å²) in [6.45, 7) is 6.69. The van der Waals surface area contributed by atoms with Crippen molar-refractivity contribution in [1.82, 2.24) is 10.2 Å². The third-order valence-corrected chi connectivity index (χ3v) is 6.80. The summed E-state index contributed by atoms with van der Waals surface area (Å²) in [6, 6.07) is 8.23. The lowest BCUT2D eigenvalue weighted by Crippen LogP contribution is -2.39. The monoisotopic (exact) mass is 420 g/mol. The minimum atomic E-state index is -0.0957. The van der Waals surface area contributed by atoms with Gasteiger partial charge in [-0.3, -0.25) is 9.69 Å². The molecular weight excluding hydrogens is 392 g/mol. The van der Waals surface area contributed by atoms with E-state index in [2.05, 4.69) is 27.7 Å². The Bertz CT molecular complexity index is 748. The highest BCUT2D eigenvalue weighted by Crippen LogP contribution is 2.28. The van der Waals surface area contributed by atoms with E-state index in [9.17, 15) is 4.79 Å². The van der Waals surface area contributed by atoms with E-state index in [1.165, 1.54) is 30.6 Å². The third-order valence-electron chi connectivity index (χ3n) is 5.23. The number of ether oxygens (including phenoxy) is 1.